The molecule has 0 aliphatic carbocycles. The van der Waals surface area contributed by atoms with Crippen LogP contribution in [0.1, 0.15) is 13.7 Å². The van der Waals surface area contributed by atoms with E-state index in [-0.39, 0.29) is 28.6 Å². The van der Waals surface area contributed by atoms with Crippen LogP contribution in [0.4, 0.5) is 0 Å². The van der Waals surface area contributed by atoms with E-state index in [2.05, 4.69) is 55.9 Å². The van der Waals surface area contributed by atoms with E-state index in [1.165, 1.54) is 0 Å². The number of para-hydroxylation sites is 2. The topological polar surface area (TPSA) is 43.6 Å². The van der Waals surface area contributed by atoms with Crippen molar-refractivity contribution < 1.29 is 13.7 Å². The minimum atomic E-state index is -0.597. The molecule has 8 rings (SSSR count). The van der Waals surface area contributed by atoms with E-state index in [1.807, 2.05) is 48.5 Å². The molecule has 0 amide bonds. The molecule has 0 unspecified atom stereocenters. The van der Waals surface area contributed by atoms with Gasteiger partial charge in [0.25, 0.3) is 0 Å². The molecule has 43 heavy (non-hydrogen) atoms. The van der Waals surface area contributed by atoms with E-state index in [9.17, 15) is 0 Å². The Hall–Kier alpha value is -5.87. The minimum Gasteiger partial charge on any atom is -0.309 e. The highest BCUT2D eigenvalue weighted by atomic mass is 15.0. The third kappa shape index (κ3) is 4.55. The Bertz CT molecular complexity index is 2640. The Morgan fingerprint density at radius 2 is 0.930 bits per heavy atom. The number of hydrogen-bond donors (Lipinski definition) is 0. The Labute approximate surface area is 263 Å². The number of benzene rings is 6. The van der Waals surface area contributed by atoms with Gasteiger partial charge < -0.3 is 4.57 Å². The molecule has 4 nitrogen and oxygen atoms in total. The summed E-state index contributed by atoms with van der Waals surface area (Å²) in [5.41, 5.74) is 4.87. The molecule has 0 aliphatic heterocycles. The van der Waals surface area contributed by atoms with Gasteiger partial charge >= 0.3 is 0 Å². The SMILES string of the molecule is [2H]c1c([2H])c([2H])c(-c2nc(-c3ccc(-c4ccc5c(c4)c4ccccc4n5-c4ccccc4)cc3)nc(-c3c([2H])c([2H])c([2H])c([2H])c3[2H])n2)c([2H])c1[2H]. The average molecular weight is 561 g/mol. The Morgan fingerprint density at radius 1 is 0.419 bits per heavy atom. The van der Waals surface area contributed by atoms with Crippen LogP contribution in [0.25, 0.3) is 72.8 Å². The zero-order valence-electron chi connectivity index (χ0n) is 32.5. The van der Waals surface area contributed by atoms with Gasteiger partial charge in [-0.2, -0.15) is 0 Å². The van der Waals surface area contributed by atoms with Crippen LogP contribution in [0.15, 0.2) is 157 Å². The second-order valence-corrected chi connectivity index (χ2v) is 9.80. The summed E-state index contributed by atoms with van der Waals surface area (Å²) in [6.45, 7) is 0. The average Bonchev–Trinajstić information content (AvgIpc) is 3.52. The first-order valence-electron chi connectivity index (χ1n) is 18.6. The highest BCUT2D eigenvalue weighted by molar-refractivity contribution is 6.10. The molecule has 0 fully saturated rings. The largest absolute Gasteiger partial charge is 0.309 e. The summed E-state index contributed by atoms with van der Waals surface area (Å²) in [5, 5.41) is 2.19. The van der Waals surface area contributed by atoms with Gasteiger partial charge in [-0.1, -0.05) is 127 Å². The van der Waals surface area contributed by atoms with Crippen molar-refractivity contribution in [1.29, 1.82) is 0 Å². The summed E-state index contributed by atoms with van der Waals surface area (Å²) >= 11 is 0. The van der Waals surface area contributed by atoms with Crippen LogP contribution in [0.3, 0.4) is 0 Å². The predicted octanol–water partition coefficient (Wildman–Crippen LogP) is 9.64. The lowest BCUT2D eigenvalue weighted by molar-refractivity contribution is 1.07. The Kier molecular flexibility index (Phi) is 4.04. The summed E-state index contributed by atoms with van der Waals surface area (Å²) in [7, 11) is 0. The maximum atomic E-state index is 8.55. The van der Waals surface area contributed by atoms with E-state index < -0.39 is 60.4 Å². The first kappa shape index (κ1) is 16.5. The quantitative estimate of drug-likeness (QED) is 0.210. The molecular formula is C39H26N4. The maximum Gasteiger partial charge on any atom is 0.164 e. The second-order valence-electron chi connectivity index (χ2n) is 9.80. The molecule has 0 saturated heterocycles. The van der Waals surface area contributed by atoms with Crippen molar-refractivity contribution in [1.82, 2.24) is 19.5 Å². The molecule has 6 aromatic carbocycles. The molecule has 0 bridgehead atoms. The van der Waals surface area contributed by atoms with Crippen molar-refractivity contribution in [2.24, 2.45) is 0 Å². The molecule has 0 N–H and O–H groups in total. The van der Waals surface area contributed by atoms with Gasteiger partial charge in [-0.3, -0.25) is 0 Å². The van der Waals surface area contributed by atoms with Crippen molar-refractivity contribution in [2.75, 3.05) is 0 Å². The number of nitrogens with zero attached hydrogens (tertiary/aromatic N) is 4. The third-order valence-corrected chi connectivity index (χ3v) is 7.25. The highest BCUT2D eigenvalue weighted by Gasteiger charge is 2.14. The van der Waals surface area contributed by atoms with E-state index in [4.69, 9.17) is 13.7 Å². The van der Waals surface area contributed by atoms with Gasteiger partial charge in [0.15, 0.2) is 17.5 Å². The lowest BCUT2D eigenvalue weighted by Crippen LogP contribution is -2.00. The fourth-order valence-corrected chi connectivity index (χ4v) is 5.27. The van der Waals surface area contributed by atoms with Crippen molar-refractivity contribution >= 4 is 21.8 Å². The Balaban J connectivity index is 1.28. The zero-order chi connectivity index (χ0) is 37.3. The molecule has 0 aliphatic rings. The lowest BCUT2D eigenvalue weighted by Gasteiger charge is -2.10. The van der Waals surface area contributed by atoms with Gasteiger partial charge in [-0.15, -0.1) is 0 Å². The van der Waals surface area contributed by atoms with Gasteiger partial charge in [-0.05, 0) is 41.5 Å². The van der Waals surface area contributed by atoms with Gasteiger partial charge in [0, 0.05) is 33.2 Å². The van der Waals surface area contributed by atoms with Gasteiger partial charge in [-0.25, -0.2) is 15.0 Å². The molecule has 8 aromatic rings. The first-order chi connectivity index (χ1) is 25.5. The number of hydrogen-bond acceptors (Lipinski definition) is 3. The van der Waals surface area contributed by atoms with Gasteiger partial charge in [0.1, 0.15) is 0 Å². The van der Waals surface area contributed by atoms with Crippen LogP contribution in [-0.4, -0.2) is 19.5 Å². The number of rotatable bonds is 5. The molecule has 0 saturated carbocycles. The van der Waals surface area contributed by atoms with Gasteiger partial charge in [0.2, 0.25) is 0 Å². The van der Waals surface area contributed by atoms with E-state index in [0.29, 0.717) is 5.56 Å². The smallest absolute Gasteiger partial charge is 0.164 e. The molecule has 2 heterocycles. The summed E-state index contributed by atoms with van der Waals surface area (Å²) in [4.78, 5) is 13.4. The predicted molar refractivity (Wildman–Crippen MR) is 176 cm³/mol. The molecular weight excluding hydrogens is 524 g/mol. The van der Waals surface area contributed by atoms with E-state index in [0.717, 1.165) is 38.6 Å². The number of fused-ring (bicyclic) bond motifs is 3. The van der Waals surface area contributed by atoms with E-state index >= 15 is 0 Å². The van der Waals surface area contributed by atoms with Crippen LogP contribution in [0.2, 0.25) is 0 Å². The van der Waals surface area contributed by atoms with Crippen LogP contribution < -0.4 is 0 Å². The van der Waals surface area contributed by atoms with Crippen molar-refractivity contribution in [2.45, 2.75) is 0 Å². The summed E-state index contributed by atoms with van der Waals surface area (Å²) in [6, 6.07) is 26.2. The minimum absolute atomic E-state index is 0.0107. The molecule has 0 spiro atoms. The third-order valence-electron chi connectivity index (χ3n) is 7.25. The first-order valence-corrected chi connectivity index (χ1v) is 13.6. The normalized spacial score (nSPS) is 14.5. The molecule has 2 aromatic heterocycles. The van der Waals surface area contributed by atoms with Crippen molar-refractivity contribution in [3.8, 4) is 51.0 Å². The van der Waals surface area contributed by atoms with Crippen LogP contribution >= 0.6 is 0 Å². The fraction of sp³-hybridized carbons (Fsp3) is 0. The lowest BCUT2D eigenvalue weighted by atomic mass is 10.0. The van der Waals surface area contributed by atoms with Crippen molar-refractivity contribution in [3.05, 3.63) is 157 Å². The summed E-state index contributed by atoms with van der Waals surface area (Å²) in [6.07, 6.45) is 0. The monoisotopic (exact) mass is 560 g/mol. The molecule has 0 radical (unpaired) electrons. The van der Waals surface area contributed by atoms with Crippen molar-refractivity contribution in [3.63, 3.8) is 0 Å². The van der Waals surface area contributed by atoms with Gasteiger partial charge in [0.05, 0.1) is 24.7 Å². The molecule has 4 heteroatoms. The fourth-order valence-electron chi connectivity index (χ4n) is 5.27. The Morgan fingerprint density at radius 3 is 1.58 bits per heavy atom. The summed E-state index contributed by atoms with van der Waals surface area (Å²) < 4.78 is 85.3. The number of aromatic nitrogens is 4. The second kappa shape index (κ2) is 10.5. The summed E-state index contributed by atoms with van der Waals surface area (Å²) in [5.74, 6) is -0.604. The van der Waals surface area contributed by atoms with Crippen LogP contribution in [0.5, 0.6) is 0 Å². The standard InChI is InChI=1S/C39H26N4/c1-4-12-28(13-5-1)37-40-38(29-14-6-2-7-15-29)42-39(41-37)30-22-20-27(21-23-30)31-24-25-36-34(26-31)33-18-10-11-19-35(33)43(36)32-16-8-3-9-17-32/h1-26H/i1D,2D,4D,5D,6D,7D,12D,13D,14D,15D. The maximum absolute atomic E-state index is 8.55. The molecule has 0 atom stereocenters. The molecule has 202 valence electrons. The highest BCUT2D eigenvalue weighted by Crippen LogP contribution is 2.35. The van der Waals surface area contributed by atoms with Crippen LogP contribution in [0, 0.1) is 0 Å². The van der Waals surface area contributed by atoms with Crippen LogP contribution in [-0.2, 0) is 0 Å². The van der Waals surface area contributed by atoms with E-state index in [1.54, 1.807) is 12.1 Å². The zero-order valence-corrected chi connectivity index (χ0v) is 22.5.